The number of benzene rings is 2. The van der Waals surface area contributed by atoms with Crippen molar-refractivity contribution in [3.63, 3.8) is 0 Å². The molecule has 0 unspecified atom stereocenters. The summed E-state index contributed by atoms with van der Waals surface area (Å²) in [6, 6.07) is 11.3. The number of nitrogens with two attached hydrogens (primary N) is 1. The summed E-state index contributed by atoms with van der Waals surface area (Å²) in [5.41, 5.74) is 7.89. The maximum atomic E-state index is 12.6. The molecule has 2 N–H and O–H groups in total. The molecule has 4 heteroatoms. The van der Waals surface area contributed by atoms with Gasteiger partial charge in [0, 0.05) is 11.3 Å². The lowest BCUT2D eigenvalue weighted by Crippen LogP contribution is -2.05. The van der Waals surface area contributed by atoms with Crippen LogP contribution in [0, 0.1) is 0 Å². The molecule has 0 aliphatic heterocycles. The molecule has 0 radical (unpaired) electrons. The zero-order valence-corrected chi connectivity index (χ0v) is 11.9. The Kier molecular flexibility index (Phi) is 4.56. The SMILES string of the molecule is CCCCc1ccc(-c2ccc(C(F)(F)F)cc2N)cc1. The lowest BCUT2D eigenvalue weighted by Gasteiger charge is -2.11. The molecule has 0 atom stereocenters. The maximum absolute atomic E-state index is 12.6. The summed E-state index contributed by atoms with van der Waals surface area (Å²) in [4.78, 5) is 0. The number of halogens is 3. The van der Waals surface area contributed by atoms with Gasteiger partial charge in [0.2, 0.25) is 0 Å². The van der Waals surface area contributed by atoms with Crippen LogP contribution >= 0.6 is 0 Å². The second-order valence-corrected chi connectivity index (χ2v) is 5.10. The van der Waals surface area contributed by atoms with Crippen LogP contribution in [0.25, 0.3) is 11.1 Å². The van der Waals surface area contributed by atoms with Crippen LogP contribution in [0.3, 0.4) is 0 Å². The van der Waals surface area contributed by atoms with E-state index < -0.39 is 11.7 Å². The van der Waals surface area contributed by atoms with Gasteiger partial charge < -0.3 is 5.73 Å². The number of anilines is 1. The van der Waals surface area contributed by atoms with Crippen molar-refractivity contribution in [1.82, 2.24) is 0 Å². The Balaban J connectivity index is 2.26. The van der Waals surface area contributed by atoms with Gasteiger partial charge in [0.15, 0.2) is 0 Å². The third-order valence-electron chi connectivity index (χ3n) is 3.46. The first-order valence-corrected chi connectivity index (χ1v) is 6.98. The highest BCUT2D eigenvalue weighted by Gasteiger charge is 2.30. The number of hydrogen-bond donors (Lipinski definition) is 1. The van der Waals surface area contributed by atoms with E-state index in [-0.39, 0.29) is 5.69 Å². The van der Waals surface area contributed by atoms with Crippen molar-refractivity contribution in [2.24, 2.45) is 0 Å². The molecule has 2 aromatic rings. The molecule has 112 valence electrons. The predicted molar refractivity (Wildman–Crippen MR) is 79.9 cm³/mol. The van der Waals surface area contributed by atoms with Gasteiger partial charge in [0.1, 0.15) is 0 Å². The average Bonchev–Trinajstić information content (AvgIpc) is 2.45. The molecule has 0 aliphatic rings. The summed E-state index contributed by atoms with van der Waals surface area (Å²) in [5, 5.41) is 0. The fourth-order valence-corrected chi connectivity index (χ4v) is 2.23. The quantitative estimate of drug-likeness (QED) is 0.761. The highest BCUT2D eigenvalue weighted by molar-refractivity contribution is 5.77. The fourth-order valence-electron chi connectivity index (χ4n) is 2.23. The van der Waals surface area contributed by atoms with Crippen LogP contribution in [-0.2, 0) is 12.6 Å². The molecule has 2 rings (SSSR count). The number of rotatable bonds is 4. The Morgan fingerprint density at radius 3 is 2.19 bits per heavy atom. The van der Waals surface area contributed by atoms with E-state index in [9.17, 15) is 13.2 Å². The molecule has 2 aromatic carbocycles. The summed E-state index contributed by atoms with van der Waals surface area (Å²) < 4.78 is 37.9. The van der Waals surface area contributed by atoms with E-state index in [2.05, 4.69) is 6.92 Å². The molecule has 0 aromatic heterocycles. The number of unbranched alkanes of at least 4 members (excludes halogenated alkanes) is 1. The summed E-state index contributed by atoms with van der Waals surface area (Å²) in [6.07, 6.45) is -1.09. The Bertz CT molecular complexity index is 600. The summed E-state index contributed by atoms with van der Waals surface area (Å²) >= 11 is 0. The predicted octanol–water partition coefficient (Wildman–Crippen LogP) is 5.30. The highest BCUT2D eigenvalue weighted by Crippen LogP contribution is 2.34. The third-order valence-corrected chi connectivity index (χ3v) is 3.46. The zero-order chi connectivity index (χ0) is 15.5. The molecular weight excluding hydrogens is 275 g/mol. The van der Waals surface area contributed by atoms with Crippen molar-refractivity contribution in [1.29, 1.82) is 0 Å². The Morgan fingerprint density at radius 2 is 1.67 bits per heavy atom. The van der Waals surface area contributed by atoms with Crippen LogP contribution in [0.1, 0.15) is 30.9 Å². The van der Waals surface area contributed by atoms with Gasteiger partial charge in [-0.25, -0.2) is 0 Å². The van der Waals surface area contributed by atoms with Crippen molar-refractivity contribution < 1.29 is 13.2 Å². The molecular formula is C17H18F3N. The van der Waals surface area contributed by atoms with Gasteiger partial charge in [0.05, 0.1) is 5.56 Å². The lowest BCUT2D eigenvalue weighted by atomic mass is 9.99. The van der Waals surface area contributed by atoms with Crippen LogP contribution in [0.5, 0.6) is 0 Å². The number of hydrogen-bond acceptors (Lipinski definition) is 1. The maximum Gasteiger partial charge on any atom is 0.416 e. The molecule has 0 spiro atoms. The smallest absolute Gasteiger partial charge is 0.398 e. The van der Waals surface area contributed by atoms with Crippen LogP contribution in [0.15, 0.2) is 42.5 Å². The average molecular weight is 293 g/mol. The van der Waals surface area contributed by atoms with E-state index in [0.29, 0.717) is 5.56 Å². The Labute approximate surface area is 122 Å². The van der Waals surface area contributed by atoms with E-state index in [1.54, 1.807) is 0 Å². The monoisotopic (exact) mass is 293 g/mol. The van der Waals surface area contributed by atoms with Crippen molar-refractivity contribution >= 4 is 5.69 Å². The molecule has 0 amide bonds. The second kappa shape index (κ2) is 6.20. The van der Waals surface area contributed by atoms with Crippen molar-refractivity contribution in [3.05, 3.63) is 53.6 Å². The van der Waals surface area contributed by atoms with Gasteiger partial charge in [-0.05, 0) is 36.1 Å². The third kappa shape index (κ3) is 3.78. The Hall–Kier alpha value is -1.97. The highest BCUT2D eigenvalue weighted by atomic mass is 19.4. The first-order chi connectivity index (χ1) is 9.91. The van der Waals surface area contributed by atoms with Crippen LogP contribution < -0.4 is 5.73 Å². The van der Waals surface area contributed by atoms with E-state index in [1.165, 1.54) is 11.6 Å². The van der Waals surface area contributed by atoms with Crippen molar-refractivity contribution in [2.45, 2.75) is 32.4 Å². The van der Waals surface area contributed by atoms with Gasteiger partial charge >= 0.3 is 6.18 Å². The minimum absolute atomic E-state index is 0.145. The largest absolute Gasteiger partial charge is 0.416 e. The van der Waals surface area contributed by atoms with E-state index >= 15 is 0 Å². The molecule has 0 saturated heterocycles. The number of nitrogen functional groups attached to an aromatic ring is 1. The lowest BCUT2D eigenvalue weighted by molar-refractivity contribution is -0.137. The second-order valence-electron chi connectivity index (χ2n) is 5.10. The molecule has 0 aliphatic carbocycles. The van der Waals surface area contributed by atoms with Gasteiger partial charge in [-0.15, -0.1) is 0 Å². The molecule has 1 nitrogen and oxygen atoms in total. The minimum Gasteiger partial charge on any atom is -0.398 e. The minimum atomic E-state index is -4.36. The standard InChI is InChI=1S/C17H18F3N/c1-2-3-4-12-5-7-13(8-6-12)15-10-9-14(11-16(15)21)17(18,19)20/h5-11H,2-4,21H2,1H3. The van der Waals surface area contributed by atoms with Gasteiger partial charge in [-0.1, -0.05) is 43.7 Å². The van der Waals surface area contributed by atoms with Crippen LogP contribution in [0.4, 0.5) is 18.9 Å². The summed E-state index contributed by atoms with van der Waals surface area (Å²) in [5.74, 6) is 0. The first kappa shape index (κ1) is 15.4. The van der Waals surface area contributed by atoms with Crippen molar-refractivity contribution in [3.8, 4) is 11.1 Å². The van der Waals surface area contributed by atoms with Gasteiger partial charge in [0.25, 0.3) is 0 Å². The van der Waals surface area contributed by atoms with Gasteiger partial charge in [-0.3, -0.25) is 0 Å². The molecule has 0 saturated carbocycles. The first-order valence-electron chi connectivity index (χ1n) is 6.98. The van der Waals surface area contributed by atoms with E-state index in [1.807, 2.05) is 24.3 Å². The molecule has 21 heavy (non-hydrogen) atoms. The van der Waals surface area contributed by atoms with E-state index in [0.717, 1.165) is 37.0 Å². The Morgan fingerprint density at radius 1 is 1.00 bits per heavy atom. The van der Waals surface area contributed by atoms with Crippen LogP contribution in [-0.4, -0.2) is 0 Å². The number of aryl methyl sites for hydroxylation is 1. The number of alkyl halides is 3. The topological polar surface area (TPSA) is 26.0 Å². The van der Waals surface area contributed by atoms with E-state index in [4.69, 9.17) is 5.73 Å². The fraction of sp³-hybridized carbons (Fsp3) is 0.294. The summed E-state index contributed by atoms with van der Waals surface area (Å²) in [7, 11) is 0. The van der Waals surface area contributed by atoms with Crippen LogP contribution in [0.2, 0.25) is 0 Å². The van der Waals surface area contributed by atoms with Gasteiger partial charge in [-0.2, -0.15) is 13.2 Å². The van der Waals surface area contributed by atoms with Crippen molar-refractivity contribution in [2.75, 3.05) is 5.73 Å². The normalized spacial score (nSPS) is 11.6. The molecule has 0 fully saturated rings. The summed E-state index contributed by atoms with van der Waals surface area (Å²) in [6.45, 7) is 2.14. The zero-order valence-electron chi connectivity index (χ0n) is 11.9. The molecule has 0 bridgehead atoms. The molecule has 0 heterocycles.